The molecule has 0 aromatic heterocycles. The molecule has 5 rings (SSSR count). The molecule has 5 aliphatic heterocycles. The molecule has 0 amide bonds. The van der Waals surface area contributed by atoms with Gasteiger partial charge < -0.3 is 16.0 Å². The average Bonchev–Trinajstić information content (AvgIpc) is 3.38. The molecule has 144 valence electrons. The molecule has 8 bridgehead atoms. The summed E-state index contributed by atoms with van der Waals surface area (Å²) in [4.78, 5) is 24.9. The summed E-state index contributed by atoms with van der Waals surface area (Å²) in [5.74, 6) is -0.361. The second-order valence-corrected chi connectivity index (χ2v) is 9.36. The molecule has 6 heteroatoms. The van der Waals surface area contributed by atoms with Crippen molar-refractivity contribution in [3.8, 4) is 0 Å². The number of carbonyl (C=O) groups excluding carboxylic acids is 2. The molecule has 8 unspecified atom stereocenters. The third-order valence-corrected chi connectivity index (χ3v) is 7.46. The fourth-order valence-corrected chi connectivity index (χ4v) is 6.17. The Kier molecular flexibility index (Phi) is 4.63. The van der Waals surface area contributed by atoms with E-state index < -0.39 is 0 Å². The summed E-state index contributed by atoms with van der Waals surface area (Å²) >= 11 is 0. The van der Waals surface area contributed by atoms with Crippen LogP contribution in [0.3, 0.4) is 0 Å². The largest absolute Gasteiger partial charge is 0.311 e. The van der Waals surface area contributed by atoms with Gasteiger partial charge >= 0.3 is 0 Å². The summed E-state index contributed by atoms with van der Waals surface area (Å²) in [5.41, 5.74) is 0. The molecular formula is C20H32N4O2. The van der Waals surface area contributed by atoms with Crippen LogP contribution in [0.2, 0.25) is 0 Å². The Hall–Kier alpha value is -0.820. The normalized spacial score (nSPS) is 49.1. The third kappa shape index (κ3) is 3.37. The van der Waals surface area contributed by atoms with Crippen molar-refractivity contribution in [3.63, 3.8) is 0 Å². The average molecular weight is 361 g/mol. The molecule has 5 fully saturated rings. The zero-order valence-electron chi connectivity index (χ0n) is 15.5. The van der Waals surface area contributed by atoms with Gasteiger partial charge in [-0.3, -0.25) is 14.9 Å². The summed E-state index contributed by atoms with van der Waals surface area (Å²) in [6.07, 6.45) is 11.1. The van der Waals surface area contributed by atoms with Crippen LogP contribution in [0.5, 0.6) is 0 Å². The monoisotopic (exact) mass is 360 g/mol. The number of Topliss-reactive ketones (excluding diaryl/α,β-unsaturated/α-hetero) is 2. The Bertz CT molecular complexity index is 534. The van der Waals surface area contributed by atoms with Gasteiger partial charge in [-0.05, 0) is 64.2 Å². The van der Waals surface area contributed by atoms with E-state index in [0.717, 1.165) is 25.7 Å². The Morgan fingerprint density at radius 1 is 0.462 bits per heavy atom. The fraction of sp³-hybridized carbons (Fsp3) is 0.900. The van der Waals surface area contributed by atoms with Crippen molar-refractivity contribution in [1.29, 1.82) is 0 Å². The molecule has 0 spiro atoms. The highest BCUT2D eigenvalue weighted by atomic mass is 16.2. The van der Waals surface area contributed by atoms with Gasteiger partial charge in [-0.15, -0.1) is 0 Å². The Balaban J connectivity index is 1.32. The van der Waals surface area contributed by atoms with E-state index in [1.165, 1.54) is 38.5 Å². The smallest absolute Gasteiger partial charge is 0.216 e. The van der Waals surface area contributed by atoms with Crippen molar-refractivity contribution < 1.29 is 9.59 Å². The van der Waals surface area contributed by atoms with E-state index in [-0.39, 0.29) is 23.7 Å². The maximum Gasteiger partial charge on any atom is 0.216 e. The van der Waals surface area contributed by atoms with Gasteiger partial charge in [0.15, 0.2) is 0 Å². The molecule has 5 heterocycles. The summed E-state index contributed by atoms with van der Waals surface area (Å²) in [5, 5.41) is 14.8. The quantitative estimate of drug-likeness (QED) is 0.468. The zero-order chi connectivity index (χ0) is 17.7. The molecule has 6 nitrogen and oxygen atoms in total. The van der Waals surface area contributed by atoms with Gasteiger partial charge in [-0.25, -0.2) is 0 Å². The molecule has 8 atom stereocenters. The fourth-order valence-electron chi connectivity index (χ4n) is 6.17. The van der Waals surface area contributed by atoms with Crippen LogP contribution < -0.4 is 21.3 Å². The minimum atomic E-state index is -0.275. The van der Waals surface area contributed by atoms with Crippen LogP contribution >= 0.6 is 0 Å². The van der Waals surface area contributed by atoms with Gasteiger partial charge in [0.1, 0.15) is 0 Å². The molecule has 5 aliphatic rings. The predicted octanol–water partition coefficient (Wildman–Crippen LogP) is 0.401. The van der Waals surface area contributed by atoms with E-state index in [1.807, 2.05) is 0 Å². The number of ketones is 2. The first-order chi connectivity index (χ1) is 12.6. The van der Waals surface area contributed by atoms with Crippen LogP contribution in [0.15, 0.2) is 0 Å². The van der Waals surface area contributed by atoms with Crippen LogP contribution in [-0.2, 0) is 9.59 Å². The topological polar surface area (TPSA) is 82.3 Å². The van der Waals surface area contributed by atoms with E-state index >= 15 is 0 Å². The zero-order valence-corrected chi connectivity index (χ0v) is 15.5. The minimum Gasteiger partial charge on any atom is -0.311 e. The second kappa shape index (κ2) is 6.97. The molecular weight excluding hydrogens is 328 g/mol. The number of nitrogens with one attached hydrogen (secondary N) is 4. The molecule has 0 aliphatic carbocycles. The van der Waals surface area contributed by atoms with Crippen molar-refractivity contribution in [3.05, 3.63) is 0 Å². The van der Waals surface area contributed by atoms with Crippen LogP contribution in [-0.4, -0.2) is 59.9 Å². The van der Waals surface area contributed by atoms with Gasteiger partial charge in [0.05, 0.1) is 12.1 Å². The first-order valence-electron chi connectivity index (χ1n) is 10.8. The van der Waals surface area contributed by atoms with E-state index in [1.54, 1.807) is 0 Å². The van der Waals surface area contributed by atoms with Crippen molar-refractivity contribution in [1.82, 2.24) is 21.3 Å². The first kappa shape index (κ1) is 17.3. The minimum absolute atomic E-state index is 0.181. The SMILES string of the molecule is O=C1C(=O)C2CC3CCC(CC4CCC(CC5CCC(CC1N2)N5)N4)N3. The molecule has 5 saturated heterocycles. The number of fused-ring (bicyclic) bond motifs is 8. The van der Waals surface area contributed by atoms with Crippen molar-refractivity contribution in [2.45, 2.75) is 113 Å². The van der Waals surface area contributed by atoms with E-state index in [0.29, 0.717) is 36.3 Å². The second-order valence-electron chi connectivity index (χ2n) is 9.36. The number of hydrogen-bond acceptors (Lipinski definition) is 6. The Morgan fingerprint density at radius 2 is 0.769 bits per heavy atom. The summed E-state index contributed by atoms with van der Waals surface area (Å²) in [7, 11) is 0. The number of carbonyl (C=O) groups is 2. The van der Waals surface area contributed by atoms with Crippen molar-refractivity contribution >= 4 is 11.6 Å². The van der Waals surface area contributed by atoms with Crippen LogP contribution in [0, 0.1) is 0 Å². The standard InChI is InChI=1S/C20H32N4O2/c25-19-17-9-15-5-3-13(22-15)7-11-1-2-12(21-11)8-14-4-6-16(23-14)10-18(24-17)20(19)26/h11-18,21-24H,1-10H2. The van der Waals surface area contributed by atoms with Crippen LogP contribution in [0.1, 0.15) is 64.2 Å². The van der Waals surface area contributed by atoms with Gasteiger partial charge in [-0.1, -0.05) is 0 Å². The molecule has 26 heavy (non-hydrogen) atoms. The van der Waals surface area contributed by atoms with Gasteiger partial charge in [-0.2, -0.15) is 0 Å². The van der Waals surface area contributed by atoms with Gasteiger partial charge in [0.25, 0.3) is 0 Å². The number of rotatable bonds is 0. The lowest BCUT2D eigenvalue weighted by Crippen LogP contribution is -2.43. The van der Waals surface area contributed by atoms with E-state index in [2.05, 4.69) is 21.3 Å². The summed E-state index contributed by atoms with van der Waals surface area (Å²) in [6.45, 7) is 0. The third-order valence-electron chi connectivity index (χ3n) is 7.46. The lowest BCUT2D eigenvalue weighted by molar-refractivity contribution is -0.135. The highest BCUT2D eigenvalue weighted by Crippen LogP contribution is 2.29. The Labute approximate surface area is 155 Å². The molecule has 0 aromatic carbocycles. The van der Waals surface area contributed by atoms with Crippen LogP contribution in [0.25, 0.3) is 0 Å². The molecule has 0 aromatic rings. The maximum atomic E-state index is 12.4. The maximum absolute atomic E-state index is 12.4. The van der Waals surface area contributed by atoms with Crippen LogP contribution in [0.4, 0.5) is 0 Å². The van der Waals surface area contributed by atoms with Gasteiger partial charge in [0.2, 0.25) is 11.6 Å². The molecule has 0 radical (unpaired) electrons. The highest BCUT2D eigenvalue weighted by molar-refractivity contribution is 6.43. The van der Waals surface area contributed by atoms with Crippen molar-refractivity contribution in [2.75, 3.05) is 0 Å². The Morgan fingerprint density at radius 3 is 1.12 bits per heavy atom. The first-order valence-corrected chi connectivity index (χ1v) is 10.8. The van der Waals surface area contributed by atoms with E-state index in [9.17, 15) is 9.59 Å². The predicted molar refractivity (Wildman–Crippen MR) is 99.0 cm³/mol. The number of hydrogen-bond donors (Lipinski definition) is 4. The highest BCUT2D eigenvalue weighted by Gasteiger charge is 2.44. The van der Waals surface area contributed by atoms with E-state index in [4.69, 9.17) is 0 Å². The summed E-state index contributed by atoms with van der Waals surface area (Å²) in [6, 6.07) is 2.57. The lowest BCUT2D eigenvalue weighted by Gasteiger charge is -2.23. The molecule has 4 N–H and O–H groups in total. The molecule has 0 saturated carbocycles. The summed E-state index contributed by atoms with van der Waals surface area (Å²) < 4.78 is 0. The van der Waals surface area contributed by atoms with Crippen molar-refractivity contribution in [2.24, 2.45) is 0 Å². The lowest BCUT2D eigenvalue weighted by atomic mass is 10.00. The van der Waals surface area contributed by atoms with Gasteiger partial charge in [0, 0.05) is 36.3 Å².